The van der Waals surface area contributed by atoms with Crippen molar-refractivity contribution in [3.63, 3.8) is 0 Å². The predicted molar refractivity (Wildman–Crippen MR) is 122 cm³/mol. The van der Waals surface area contributed by atoms with Gasteiger partial charge in [0.05, 0.1) is 7.11 Å². The van der Waals surface area contributed by atoms with Crippen molar-refractivity contribution >= 4 is 11.8 Å². The van der Waals surface area contributed by atoms with Crippen LogP contribution in [0.25, 0.3) is 0 Å². The molecule has 2 aromatic carbocycles. The molecule has 0 radical (unpaired) electrons. The minimum absolute atomic E-state index is 0.124. The van der Waals surface area contributed by atoms with Gasteiger partial charge in [0.1, 0.15) is 17.5 Å². The Morgan fingerprint density at radius 2 is 1.65 bits per heavy atom. The maximum Gasteiger partial charge on any atom is 0.261 e. The van der Waals surface area contributed by atoms with Gasteiger partial charge in [-0.05, 0) is 49.6 Å². The van der Waals surface area contributed by atoms with Gasteiger partial charge in [-0.1, -0.05) is 50.1 Å². The van der Waals surface area contributed by atoms with Crippen LogP contribution in [0.3, 0.4) is 0 Å². The molecular weight excluding hydrogens is 392 g/mol. The van der Waals surface area contributed by atoms with Crippen molar-refractivity contribution in [1.82, 2.24) is 10.2 Å². The number of nitrogens with one attached hydrogen (secondary N) is 1. The molecule has 1 N–H and O–H groups in total. The first-order valence-corrected chi connectivity index (χ1v) is 10.9. The predicted octanol–water partition coefficient (Wildman–Crippen LogP) is 4.11. The van der Waals surface area contributed by atoms with E-state index in [0.29, 0.717) is 25.3 Å². The quantitative estimate of drug-likeness (QED) is 0.519. The standard InChI is InChI=1S/C25H34N2O4/c1-5-7-16-26-25(29)23(6-2)27(17-20-10-8-19(3)9-11-20)24(28)18-31-22-14-12-21(30-4)13-15-22/h8-15,23H,5-7,16-18H2,1-4H3,(H,26,29)/t23-/m1/s1. The minimum atomic E-state index is -0.551. The van der Waals surface area contributed by atoms with E-state index in [1.54, 1.807) is 36.3 Å². The SMILES string of the molecule is CCCCNC(=O)[C@@H](CC)N(Cc1ccc(C)cc1)C(=O)COc1ccc(OC)cc1. The third-order valence-corrected chi connectivity index (χ3v) is 5.11. The number of rotatable bonds is 12. The first kappa shape index (κ1) is 24.3. The fourth-order valence-corrected chi connectivity index (χ4v) is 3.22. The van der Waals surface area contributed by atoms with Crippen LogP contribution in [0.15, 0.2) is 48.5 Å². The first-order chi connectivity index (χ1) is 15.0. The summed E-state index contributed by atoms with van der Waals surface area (Å²) in [5.41, 5.74) is 2.12. The number of ether oxygens (including phenoxy) is 2. The summed E-state index contributed by atoms with van der Waals surface area (Å²) in [6, 6.07) is 14.5. The molecule has 0 aromatic heterocycles. The first-order valence-electron chi connectivity index (χ1n) is 10.9. The Balaban J connectivity index is 2.14. The van der Waals surface area contributed by atoms with Gasteiger partial charge in [-0.3, -0.25) is 9.59 Å². The van der Waals surface area contributed by atoms with Crippen LogP contribution in [-0.2, 0) is 16.1 Å². The second kappa shape index (κ2) is 12.6. The summed E-state index contributed by atoms with van der Waals surface area (Å²) in [6.07, 6.45) is 2.44. The number of nitrogens with zero attached hydrogens (tertiary/aromatic N) is 1. The van der Waals surface area contributed by atoms with Crippen LogP contribution in [0.4, 0.5) is 0 Å². The maximum atomic E-state index is 13.1. The number of carbonyl (C=O) groups is 2. The molecule has 0 unspecified atom stereocenters. The molecule has 0 spiro atoms. The maximum absolute atomic E-state index is 13.1. The van der Waals surface area contributed by atoms with Crippen molar-refractivity contribution in [3.05, 3.63) is 59.7 Å². The van der Waals surface area contributed by atoms with Crippen molar-refractivity contribution < 1.29 is 19.1 Å². The number of amides is 2. The Morgan fingerprint density at radius 1 is 1.00 bits per heavy atom. The molecule has 6 heteroatoms. The number of hydrogen-bond donors (Lipinski definition) is 1. The van der Waals surface area contributed by atoms with Crippen LogP contribution in [0, 0.1) is 6.92 Å². The molecule has 31 heavy (non-hydrogen) atoms. The number of aryl methyl sites for hydroxylation is 1. The van der Waals surface area contributed by atoms with Crippen molar-refractivity contribution in [2.45, 2.75) is 52.6 Å². The van der Waals surface area contributed by atoms with Crippen molar-refractivity contribution in [2.24, 2.45) is 0 Å². The lowest BCUT2D eigenvalue weighted by Crippen LogP contribution is -2.50. The van der Waals surface area contributed by atoms with Gasteiger partial charge in [0.25, 0.3) is 5.91 Å². The number of hydrogen-bond acceptors (Lipinski definition) is 4. The van der Waals surface area contributed by atoms with Crippen LogP contribution in [-0.4, -0.2) is 43.0 Å². The second-order valence-electron chi connectivity index (χ2n) is 7.54. The highest BCUT2D eigenvalue weighted by Gasteiger charge is 2.28. The van der Waals surface area contributed by atoms with E-state index in [-0.39, 0.29) is 18.4 Å². The molecule has 0 saturated carbocycles. The Labute approximate surface area is 185 Å². The monoisotopic (exact) mass is 426 g/mol. The molecule has 0 aliphatic carbocycles. The van der Waals surface area contributed by atoms with Crippen LogP contribution >= 0.6 is 0 Å². The molecule has 6 nitrogen and oxygen atoms in total. The van der Waals surface area contributed by atoms with E-state index in [0.717, 1.165) is 29.7 Å². The van der Waals surface area contributed by atoms with Gasteiger partial charge < -0.3 is 19.7 Å². The van der Waals surface area contributed by atoms with Crippen molar-refractivity contribution in [3.8, 4) is 11.5 Å². The van der Waals surface area contributed by atoms with E-state index in [4.69, 9.17) is 9.47 Å². The Morgan fingerprint density at radius 3 is 2.23 bits per heavy atom. The molecule has 168 valence electrons. The van der Waals surface area contributed by atoms with Gasteiger partial charge in [-0.25, -0.2) is 0 Å². The van der Waals surface area contributed by atoms with E-state index in [1.807, 2.05) is 38.1 Å². The van der Waals surface area contributed by atoms with Crippen LogP contribution < -0.4 is 14.8 Å². The topological polar surface area (TPSA) is 67.9 Å². The number of benzene rings is 2. The molecular formula is C25H34N2O4. The van der Waals surface area contributed by atoms with E-state index >= 15 is 0 Å². The fourth-order valence-electron chi connectivity index (χ4n) is 3.22. The smallest absolute Gasteiger partial charge is 0.261 e. The molecule has 2 rings (SSSR count). The summed E-state index contributed by atoms with van der Waals surface area (Å²) in [4.78, 5) is 27.6. The highest BCUT2D eigenvalue weighted by Crippen LogP contribution is 2.18. The highest BCUT2D eigenvalue weighted by atomic mass is 16.5. The minimum Gasteiger partial charge on any atom is -0.497 e. The van der Waals surface area contributed by atoms with Crippen molar-refractivity contribution in [2.75, 3.05) is 20.3 Å². The average Bonchev–Trinajstić information content (AvgIpc) is 2.79. The van der Waals surface area contributed by atoms with Crippen LogP contribution in [0.1, 0.15) is 44.2 Å². The lowest BCUT2D eigenvalue weighted by molar-refractivity contribution is -0.143. The fraction of sp³-hybridized carbons (Fsp3) is 0.440. The summed E-state index contributed by atoms with van der Waals surface area (Å²) in [5, 5.41) is 2.96. The van der Waals surface area contributed by atoms with Gasteiger partial charge in [-0.15, -0.1) is 0 Å². The zero-order valence-corrected chi connectivity index (χ0v) is 19.0. The lowest BCUT2D eigenvalue weighted by atomic mass is 10.1. The summed E-state index contributed by atoms with van der Waals surface area (Å²) < 4.78 is 10.8. The van der Waals surface area contributed by atoms with Crippen molar-refractivity contribution in [1.29, 1.82) is 0 Å². The van der Waals surface area contributed by atoms with E-state index in [2.05, 4.69) is 12.2 Å². The van der Waals surface area contributed by atoms with Gasteiger partial charge >= 0.3 is 0 Å². The Bertz CT molecular complexity index is 818. The van der Waals surface area contributed by atoms with E-state index in [1.165, 1.54) is 0 Å². The normalized spacial score (nSPS) is 11.5. The largest absolute Gasteiger partial charge is 0.497 e. The molecule has 2 aromatic rings. The third-order valence-electron chi connectivity index (χ3n) is 5.11. The van der Waals surface area contributed by atoms with Crippen LogP contribution in [0.5, 0.6) is 11.5 Å². The van der Waals surface area contributed by atoms with Gasteiger partial charge in [-0.2, -0.15) is 0 Å². The van der Waals surface area contributed by atoms with E-state index < -0.39 is 6.04 Å². The van der Waals surface area contributed by atoms with Gasteiger partial charge in [0.15, 0.2) is 6.61 Å². The molecule has 0 fully saturated rings. The number of methoxy groups -OCH3 is 1. The zero-order chi connectivity index (χ0) is 22.6. The molecule has 0 bridgehead atoms. The summed E-state index contributed by atoms with van der Waals surface area (Å²) in [7, 11) is 1.60. The van der Waals surface area contributed by atoms with Gasteiger partial charge in [0.2, 0.25) is 5.91 Å². The van der Waals surface area contributed by atoms with E-state index in [9.17, 15) is 9.59 Å². The Kier molecular flexibility index (Phi) is 9.88. The third kappa shape index (κ3) is 7.63. The average molecular weight is 427 g/mol. The Hall–Kier alpha value is -3.02. The molecule has 0 aliphatic heterocycles. The highest BCUT2D eigenvalue weighted by molar-refractivity contribution is 5.88. The zero-order valence-electron chi connectivity index (χ0n) is 19.0. The summed E-state index contributed by atoms with van der Waals surface area (Å²) in [6.45, 7) is 6.84. The molecule has 1 atom stereocenters. The second-order valence-corrected chi connectivity index (χ2v) is 7.54. The lowest BCUT2D eigenvalue weighted by Gasteiger charge is -2.30. The molecule has 0 saturated heterocycles. The number of unbranched alkanes of at least 4 members (excludes halogenated alkanes) is 1. The molecule has 0 aliphatic rings. The van der Waals surface area contributed by atoms with Crippen LogP contribution in [0.2, 0.25) is 0 Å². The summed E-state index contributed by atoms with van der Waals surface area (Å²) in [5.74, 6) is 0.939. The number of carbonyl (C=O) groups excluding carboxylic acids is 2. The molecule has 0 heterocycles. The molecule has 2 amide bonds. The summed E-state index contributed by atoms with van der Waals surface area (Å²) >= 11 is 0. The van der Waals surface area contributed by atoms with Gasteiger partial charge in [0, 0.05) is 13.1 Å².